The highest BCUT2D eigenvalue weighted by molar-refractivity contribution is 7.71. The van der Waals surface area contributed by atoms with E-state index in [4.69, 9.17) is 23.8 Å². The van der Waals surface area contributed by atoms with Crippen LogP contribution in [0.3, 0.4) is 0 Å². The number of hydrogen-bond donors (Lipinski definition) is 1. The molecule has 1 aromatic heterocycles. The molecule has 2 heterocycles. The number of nitrogens with one attached hydrogen (secondary N) is 1. The Bertz CT molecular complexity index is 658. The number of H-pyrrole nitrogens is 1. The summed E-state index contributed by atoms with van der Waals surface area (Å²) >= 11 is 11.6. The van der Waals surface area contributed by atoms with Crippen LogP contribution in [0.5, 0.6) is 0 Å². The van der Waals surface area contributed by atoms with Crippen molar-refractivity contribution in [1.29, 1.82) is 0 Å². The van der Waals surface area contributed by atoms with Gasteiger partial charge in [-0.2, -0.15) is 5.10 Å². The van der Waals surface area contributed by atoms with Crippen molar-refractivity contribution in [3.8, 4) is 11.4 Å². The summed E-state index contributed by atoms with van der Waals surface area (Å²) in [5, 5.41) is 7.94. The van der Waals surface area contributed by atoms with E-state index in [9.17, 15) is 0 Å². The fourth-order valence-electron chi connectivity index (χ4n) is 2.80. The Morgan fingerprint density at radius 1 is 1.14 bits per heavy atom. The molecule has 1 aliphatic heterocycles. The normalized spacial score (nSPS) is 16.2. The van der Waals surface area contributed by atoms with E-state index < -0.39 is 0 Å². The Morgan fingerprint density at radius 3 is 2.67 bits per heavy atom. The SMILES string of the molecule is S=c1[nH]nc(-c2ccccc2Cl)n1CCN1CCCCC1. The van der Waals surface area contributed by atoms with Gasteiger partial charge in [0.1, 0.15) is 0 Å². The number of benzene rings is 1. The number of halogens is 1. The maximum absolute atomic E-state index is 6.28. The summed E-state index contributed by atoms with van der Waals surface area (Å²) in [4.78, 5) is 2.49. The van der Waals surface area contributed by atoms with E-state index >= 15 is 0 Å². The summed E-state index contributed by atoms with van der Waals surface area (Å²) in [5.41, 5.74) is 0.921. The Labute approximate surface area is 134 Å². The third-order valence-corrected chi connectivity index (χ3v) is 4.60. The van der Waals surface area contributed by atoms with Gasteiger partial charge in [-0.15, -0.1) is 0 Å². The Morgan fingerprint density at radius 2 is 1.90 bits per heavy atom. The molecule has 21 heavy (non-hydrogen) atoms. The molecule has 0 radical (unpaired) electrons. The van der Waals surface area contributed by atoms with Crippen molar-refractivity contribution in [2.45, 2.75) is 25.8 Å². The summed E-state index contributed by atoms with van der Waals surface area (Å²) in [6, 6.07) is 7.74. The van der Waals surface area contributed by atoms with Gasteiger partial charge in [0.05, 0.1) is 5.02 Å². The fourth-order valence-corrected chi connectivity index (χ4v) is 3.24. The number of piperidine rings is 1. The van der Waals surface area contributed by atoms with E-state index in [1.807, 2.05) is 28.8 Å². The molecule has 0 aliphatic carbocycles. The predicted octanol–water partition coefficient (Wildman–Crippen LogP) is 3.75. The maximum atomic E-state index is 6.28. The topological polar surface area (TPSA) is 36.9 Å². The van der Waals surface area contributed by atoms with E-state index in [1.54, 1.807) is 0 Å². The van der Waals surface area contributed by atoms with Gasteiger partial charge in [-0.1, -0.05) is 30.2 Å². The van der Waals surface area contributed by atoms with E-state index in [-0.39, 0.29) is 0 Å². The Balaban J connectivity index is 1.81. The van der Waals surface area contributed by atoms with Crippen LogP contribution in [0, 0.1) is 4.77 Å². The lowest BCUT2D eigenvalue weighted by atomic mass is 10.1. The van der Waals surface area contributed by atoms with Crippen LogP contribution in [0.1, 0.15) is 19.3 Å². The van der Waals surface area contributed by atoms with Crippen molar-refractivity contribution >= 4 is 23.8 Å². The minimum atomic E-state index is 0.655. The zero-order valence-electron chi connectivity index (χ0n) is 11.9. The zero-order chi connectivity index (χ0) is 14.7. The largest absolute Gasteiger partial charge is 0.302 e. The lowest BCUT2D eigenvalue weighted by Crippen LogP contribution is -2.32. The smallest absolute Gasteiger partial charge is 0.195 e. The fraction of sp³-hybridized carbons (Fsp3) is 0.467. The van der Waals surface area contributed by atoms with E-state index in [2.05, 4.69) is 15.1 Å². The van der Waals surface area contributed by atoms with Gasteiger partial charge in [0, 0.05) is 18.7 Å². The van der Waals surface area contributed by atoms with Gasteiger partial charge in [-0.3, -0.25) is 9.67 Å². The minimum Gasteiger partial charge on any atom is -0.302 e. The second-order valence-electron chi connectivity index (χ2n) is 5.39. The van der Waals surface area contributed by atoms with Crippen molar-refractivity contribution in [3.63, 3.8) is 0 Å². The number of likely N-dealkylation sites (tertiary alicyclic amines) is 1. The van der Waals surface area contributed by atoms with Crippen molar-refractivity contribution < 1.29 is 0 Å². The molecular weight excluding hydrogens is 304 g/mol. The van der Waals surface area contributed by atoms with Crippen LogP contribution in [0.4, 0.5) is 0 Å². The van der Waals surface area contributed by atoms with Crippen LogP contribution in [0.15, 0.2) is 24.3 Å². The van der Waals surface area contributed by atoms with Gasteiger partial charge in [-0.05, 0) is 50.3 Å². The average Bonchev–Trinajstić information content (AvgIpc) is 2.88. The highest BCUT2D eigenvalue weighted by Gasteiger charge is 2.14. The quantitative estimate of drug-likeness (QED) is 0.871. The molecular formula is C15H19ClN4S. The lowest BCUT2D eigenvalue weighted by molar-refractivity contribution is 0.221. The lowest BCUT2D eigenvalue weighted by Gasteiger charge is -2.26. The predicted molar refractivity (Wildman–Crippen MR) is 88.1 cm³/mol. The average molecular weight is 323 g/mol. The van der Waals surface area contributed by atoms with Crippen LogP contribution in [0.2, 0.25) is 5.02 Å². The summed E-state index contributed by atoms with van der Waals surface area (Å²) in [6.45, 7) is 4.22. The van der Waals surface area contributed by atoms with Crippen molar-refractivity contribution in [2.75, 3.05) is 19.6 Å². The number of aromatic nitrogens is 3. The monoisotopic (exact) mass is 322 g/mol. The van der Waals surface area contributed by atoms with Gasteiger partial charge in [-0.25, -0.2) is 0 Å². The molecule has 2 aromatic rings. The van der Waals surface area contributed by atoms with Crippen LogP contribution in [-0.4, -0.2) is 39.3 Å². The first-order chi connectivity index (χ1) is 10.3. The third kappa shape index (κ3) is 3.36. The molecule has 0 bridgehead atoms. The Hall–Kier alpha value is -1.17. The molecule has 1 N–H and O–H groups in total. The van der Waals surface area contributed by atoms with Crippen molar-refractivity contribution in [3.05, 3.63) is 34.1 Å². The number of hydrogen-bond acceptors (Lipinski definition) is 3. The molecule has 6 heteroatoms. The molecule has 1 saturated heterocycles. The molecule has 0 saturated carbocycles. The first-order valence-electron chi connectivity index (χ1n) is 7.38. The molecule has 0 spiro atoms. The number of aromatic amines is 1. The summed E-state index contributed by atoms with van der Waals surface area (Å²) < 4.78 is 2.70. The van der Waals surface area contributed by atoms with Gasteiger partial charge in [0.25, 0.3) is 0 Å². The van der Waals surface area contributed by atoms with Crippen LogP contribution in [-0.2, 0) is 6.54 Å². The van der Waals surface area contributed by atoms with Crippen LogP contribution < -0.4 is 0 Å². The first-order valence-corrected chi connectivity index (χ1v) is 8.17. The third-order valence-electron chi connectivity index (χ3n) is 3.96. The zero-order valence-corrected chi connectivity index (χ0v) is 13.5. The van der Waals surface area contributed by atoms with E-state index in [0.717, 1.165) is 24.5 Å². The van der Waals surface area contributed by atoms with Gasteiger partial charge in [0.2, 0.25) is 0 Å². The van der Waals surface area contributed by atoms with Crippen LogP contribution in [0.25, 0.3) is 11.4 Å². The molecule has 0 atom stereocenters. The Kier molecular flexibility index (Phi) is 4.73. The first kappa shape index (κ1) is 14.8. The second kappa shape index (κ2) is 6.73. The van der Waals surface area contributed by atoms with Crippen LogP contribution >= 0.6 is 23.8 Å². The molecule has 4 nitrogen and oxygen atoms in total. The summed E-state index contributed by atoms with van der Waals surface area (Å²) in [5.74, 6) is 0.822. The molecule has 1 aromatic carbocycles. The number of nitrogens with zero attached hydrogens (tertiary/aromatic N) is 3. The highest BCUT2D eigenvalue weighted by atomic mass is 35.5. The summed E-state index contributed by atoms with van der Waals surface area (Å²) in [6.07, 6.45) is 3.95. The van der Waals surface area contributed by atoms with Gasteiger partial charge >= 0.3 is 0 Å². The molecule has 112 valence electrons. The van der Waals surface area contributed by atoms with E-state index in [1.165, 1.54) is 32.4 Å². The molecule has 0 amide bonds. The van der Waals surface area contributed by atoms with Gasteiger partial charge < -0.3 is 4.90 Å². The van der Waals surface area contributed by atoms with E-state index in [0.29, 0.717) is 9.79 Å². The van der Waals surface area contributed by atoms with Crippen molar-refractivity contribution in [2.24, 2.45) is 0 Å². The highest BCUT2D eigenvalue weighted by Crippen LogP contribution is 2.26. The summed E-state index contributed by atoms with van der Waals surface area (Å²) in [7, 11) is 0. The molecule has 1 aliphatic rings. The van der Waals surface area contributed by atoms with Gasteiger partial charge in [0.15, 0.2) is 10.6 Å². The molecule has 1 fully saturated rings. The maximum Gasteiger partial charge on any atom is 0.195 e. The molecule has 3 rings (SSSR count). The second-order valence-corrected chi connectivity index (χ2v) is 6.18. The number of rotatable bonds is 4. The molecule has 0 unspecified atom stereocenters. The minimum absolute atomic E-state index is 0.655. The van der Waals surface area contributed by atoms with Crippen molar-refractivity contribution in [1.82, 2.24) is 19.7 Å². The standard InChI is InChI=1S/C15H19ClN4S/c16-13-7-3-2-6-12(13)14-17-18-15(21)20(14)11-10-19-8-4-1-5-9-19/h2-3,6-7H,1,4-5,8-11H2,(H,18,21).